The molecule has 334 valence electrons. The van der Waals surface area contributed by atoms with E-state index in [0.29, 0.717) is 25.1 Å². The average Bonchev–Trinajstić information content (AvgIpc) is 3.69. The fourth-order valence-electron chi connectivity index (χ4n) is 5.20. The van der Waals surface area contributed by atoms with Crippen molar-refractivity contribution in [3.05, 3.63) is 12.7 Å². The quantitative estimate of drug-likeness (QED) is 0.0437. The van der Waals surface area contributed by atoms with Gasteiger partial charge in [-0.15, -0.1) is 0 Å². The van der Waals surface area contributed by atoms with Crippen LogP contribution in [0.3, 0.4) is 0 Å². The molecule has 26 nitrogen and oxygen atoms in total. The summed E-state index contributed by atoms with van der Waals surface area (Å²) in [4.78, 5) is 98.5. The van der Waals surface area contributed by atoms with E-state index < -0.39 is 84.6 Å². The zero-order valence-electron chi connectivity index (χ0n) is 32.0. The summed E-state index contributed by atoms with van der Waals surface area (Å²) < 4.78 is 62.1. The third kappa shape index (κ3) is 16.8. The van der Waals surface area contributed by atoms with Gasteiger partial charge in [-0.1, -0.05) is 32.0 Å². The molecule has 3 heterocycles. The number of phosphoric ester groups is 3. The molecule has 2 aromatic rings. The first-order valence-electron chi connectivity index (χ1n) is 17.7. The van der Waals surface area contributed by atoms with Crippen LogP contribution in [0.4, 0.5) is 5.82 Å². The number of nitrogens with zero attached hydrogens (tertiary/aromatic N) is 4. The number of phosphoric acid groups is 3. The molecule has 1 saturated heterocycles. The van der Waals surface area contributed by atoms with E-state index in [4.69, 9.17) is 19.5 Å². The first-order chi connectivity index (χ1) is 27.4. The number of ether oxygens (including phenoxy) is 1. The number of imidazole rings is 1. The number of rotatable bonds is 25. The number of aliphatic hydroxyl groups is 2. The largest absolute Gasteiger partial charge is 0.481 e. The predicted octanol–water partition coefficient (Wildman–Crippen LogP) is -0.639. The van der Waals surface area contributed by atoms with Crippen molar-refractivity contribution in [2.24, 2.45) is 5.41 Å². The number of aromatic nitrogens is 4. The fraction of sp³-hybridized carbons (Fsp3) is 0.690. The third-order valence-corrected chi connectivity index (χ3v) is 12.2. The Hall–Kier alpha value is -2.97. The van der Waals surface area contributed by atoms with E-state index in [-0.39, 0.29) is 47.5 Å². The lowest BCUT2D eigenvalue weighted by molar-refractivity contribution is -0.137. The van der Waals surface area contributed by atoms with Crippen molar-refractivity contribution in [3.8, 4) is 0 Å². The number of carbonyl (C=O) groups excluding carboxylic acids is 4. The van der Waals surface area contributed by atoms with Crippen molar-refractivity contribution in [3.63, 3.8) is 0 Å². The lowest BCUT2D eigenvalue weighted by atomic mass is 9.87. The molecule has 30 heteroatoms. The van der Waals surface area contributed by atoms with Crippen molar-refractivity contribution < 1.29 is 85.3 Å². The van der Waals surface area contributed by atoms with Crippen LogP contribution in [0.2, 0.25) is 0 Å². The first kappa shape index (κ1) is 50.4. The highest BCUT2D eigenvalue weighted by atomic mass is 32.2. The molecule has 0 bridgehead atoms. The fourth-order valence-corrected chi connectivity index (χ4v) is 8.75. The molecule has 2 aromatic heterocycles. The van der Waals surface area contributed by atoms with Gasteiger partial charge in [-0.05, 0) is 12.8 Å². The van der Waals surface area contributed by atoms with E-state index in [9.17, 15) is 62.7 Å². The van der Waals surface area contributed by atoms with Gasteiger partial charge >= 0.3 is 23.5 Å². The Bertz CT molecular complexity index is 1920. The number of aliphatic hydroxyl groups excluding tert-OH is 2. The van der Waals surface area contributed by atoms with Crippen LogP contribution in [0, 0.1) is 5.41 Å². The standard InChI is InChI=1S/C29H49N8O18P3S/c1-17(38)31-9-6-4-5-7-20(40)59-12-11-32-19(39)8-10-33-27(43)24(42)29(2,3)14-52-58(49,50)55-57(47,48)51-13-18-23(54-56(44,45)46)22(41)28(53-18)37-16-36-21-25(30)34-15-35-26(21)37/h15-16,18,22-24,28,41-42H,4-14H2,1-3H3,(H,31,38)(H,32,39)(H,33,43)(H,47,48)(H,49,50)(H2,30,34,35)(H2,44,45,46)/t18-,22-,23-,24?,28-/m1/s1. The second-order valence-electron chi connectivity index (χ2n) is 13.6. The van der Waals surface area contributed by atoms with Gasteiger partial charge in [0.05, 0.1) is 19.5 Å². The molecular weight excluding hydrogens is 873 g/mol. The van der Waals surface area contributed by atoms with Gasteiger partial charge in [-0.2, -0.15) is 4.31 Å². The number of carbonyl (C=O) groups is 4. The maximum Gasteiger partial charge on any atom is 0.481 e. The van der Waals surface area contributed by atoms with Gasteiger partial charge in [-0.25, -0.2) is 28.6 Å². The lowest BCUT2D eigenvalue weighted by Gasteiger charge is -2.30. The molecular formula is C29H49N8O18P3S. The molecule has 1 aliphatic rings. The van der Waals surface area contributed by atoms with Gasteiger partial charge in [0, 0.05) is 50.6 Å². The Balaban J connectivity index is 1.42. The van der Waals surface area contributed by atoms with Crippen molar-refractivity contribution in [2.75, 3.05) is 44.3 Å². The van der Waals surface area contributed by atoms with E-state index in [1.54, 1.807) is 0 Å². The molecule has 1 aliphatic heterocycles. The van der Waals surface area contributed by atoms with Crippen LogP contribution in [-0.2, 0) is 55.5 Å². The van der Waals surface area contributed by atoms with Crippen molar-refractivity contribution >= 4 is 75.0 Å². The Morgan fingerprint density at radius 1 is 0.966 bits per heavy atom. The summed E-state index contributed by atoms with van der Waals surface area (Å²) in [6.07, 6.45) is -4.38. The van der Waals surface area contributed by atoms with E-state index in [1.807, 2.05) is 0 Å². The molecule has 0 saturated carbocycles. The Morgan fingerprint density at radius 3 is 2.34 bits per heavy atom. The second kappa shape index (κ2) is 22.2. The minimum atomic E-state index is -5.58. The van der Waals surface area contributed by atoms with Crippen molar-refractivity contribution in [1.82, 2.24) is 35.5 Å². The number of fused-ring (bicyclic) bond motifs is 1. The first-order valence-corrected chi connectivity index (χ1v) is 23.2. The smallest absolute Gasteiger partial charge is 0.386 e. The number of hydrogen-bond acceptors (Lipinski definition) is 19. The van der Waals surface area contributed by atoms with E-state index in [2.05, 4.69) is 39.7 Å². The van der Waals surface area contributed by atoms with Crippen LogP contribution in [0.25, 0.3) is 11.2 Å². The van der Waals surface area contributed by atoms with Crippen LogP contribution >= 0.6 is 35.2 Å². The predicted molar refractivity (Wildman–Crippen MR) is 204 cm³/mol. The number of anilines is 1. The molecule has 0 radical (unpaired) electrons. The minimum absolute atomic E-state index is 0.0262. The zero-order valence-corrected chi connectivity index (χ0v) is 35.5. The number of nitrogens with one attached hydrogen (secondary N) is 3. The number of thioether (sulfide) groups is 1. The number of hydrogen-bond donors (Lipinski definition) is 10. The minimum Gasteiger partial charge on any atom is -0.386 e. The van der Waals surface area contributed by atoms with Crippen LogP contribution in [0.5, 0.6) is 0 Å². The van der Waals surface area contributed by atoms with Crippen LogP contribution in [0.1, 0.15) is 59.1 Å². The summed E-state index contributed by atoms with van der Waals surface area (Å²) >= 11 is 1.07. The van der Waals surface area contributed by atoms with Crippen LogP contribution in [0.15, 0.2) is 12.7 Å². The Labute approximate surface area is 341 Å². The van der Waals surface area contributed by atoms with Crippen LogP contribution in [-0.4, -0.2) is 135 Å². The molecule has 11 N–H and O–H groups in total. The van der Waals surface area contributed by atoms with Gasteiger partial charge < -0.3 is 56.2 Å². The molecule has 59 heavy (non-hydrogen) atoms. The van der Waals surface area contributed by atoms with Gasteiger partial charge in [0.1, 0.15) is 36.3 Å². The number of nitrogens with two attached hydrogens (primary N) is 1. The lowest BCUT2D eigenvalue weighted by Crippen LogP contribution is -2.46. The monoisotopic (exact) mass is 922 g/mol. The van der Waals surface area contributed by atoms with E-state index in [0.717, 1.165) is 41.8 Å². The molecule has 0 spiro atoms. The SMILES string of the molecule is CC(=O)NCCCCCC(=O)SCCNC(=O)CCNC(=O)C(O)C(C)(C)COP(=O)(O)OP(=O)(O)OC[C@H]1O[C@@H](n2cnc3c(N)ncnc32)[C@H](O)[C@@H]1OP(=O)(O)O. The van der Waals surface area contributed by atoms with E-state index >= 15 is 0 Å². The summed E-state index contributed by atoms with van der Waals surface area (Å²) in [5.41, 5.74) is 4.24. The summed E-state index contributed by atoms with van der Waals surface area (Å²) in [5, 5.41) is 29.0. The molecule has 3 unspecified atom stereocenters. The van der Waals surface area contributed by atoms with E-state index in [1.165, 1.54) is 20.8 Å². The average molecular weight is 923 g/mol. The number of unbranched alkanes of at least 4 members (excludes halogenated alkanes) is 2. The Kier molecular flexibility index (Phi) is 19.0. The van der Waals surface area contributed by atoms with Gasteiger partial charge in [0.2, 0.25) is 17.7 Å². The summed E-state index contributed by atoms with van der Waals surface area (Å²) in [6, 6.07) is 0. The highest BCUT2D eigenvalue weighted by Crippen LogP contribution is 2.61. The molecule has 7 atom stereocenters. The molecule has 0 aliphatic carbocycles. The third-order valence-electron chi connectivity index (χ3n) is 8.20. The summed E-state index contributed by atoms with van der Waals surface area (Å²) in [5.74, 6) is -1.26. The molecule has 3 rings (SSSR count). The molecule has 0 aromatic carbocycles. The van der Waals surface area contributed by atoms with Crippen molar-refractivity contribution in [2.45, 2.75) is 83.5 Å². The van der Waals surface area contributed by atoms with Gasteiger partial charge in [0.25, 0.3) is 0 Å². The maximum absolute atomic E-state index is 12.7. The summed E-state index contributed by atoms with van der Waals surface area (Å²) in [7, 11) is -16.4. The molecule has 3 amide bonds. The van der Waals surface area contributed by atoms with Gasteiger partial charge in [0.15, 0.2) is 22.8 Å². The zero-order chi connectivity index (χ0) is 44.2. The molecule has 1 fully saturated rings. The van der Waals surface area contributed by atoms with Crippen LogP contribution < -0.4 is 21.7 Å². The highest BCUT2D eigenvalue weighted by molar-refractivity contribution is 8.13. The topological polar surface area (TPSA) is 393 Å². The normalized spacial score (nSPS) is 21.0. The number of amides is 3. The Morgan fingerprint density at radius 2 is 1.66 bits per heavy atom. The highest BCUT2D eigenvalue weighted by Gasteiger charge is 2.50. The second-order valence-corrected chi connectivity index (χ2v) is 19.0. The summed E-state index contributed by atoms with van der Waals surface area (Å²) in [6.45, 7) is 2.41. The van der Waals surface area contributed by atoms with Gasteiger partial charge in [-0.3, -0.25) is 37.3 Å². The maximum atomic E-state index is 12.7. The number of nitrogen functional groups attached to an aromatic ring is 1. The van der Waals surface area contributed by atoms with Crippen molar-refractivity contribution in [1.29, 1.82) is 0 Å².